The number of halogens is 1. The molecular formula is C15H20ClNO3. The summed E-state index contributed by atoms with van der Waals surface area (Å²) < 4.78 is 5.50. The van der Waals surface area contributed by atoms with E-state index in [2.05, 4.69) is 0 Å². The molecule has 1 aromatic carbocycles. The quantitative estimate of drug-likeness (QED) is 0.932. The fraction of sp³-hybridized carbons (Fsp3) is 0.533. The van der Waals surface area contributed by atoms with E-state index >= 15 is 0 Å². The van der Waals surface area contributed by atoms with Crippen LogP contribution in [0.5, 0.6) is 0 Å². The molecule has 0 aromatic heterocycles. The lowest BCUT2D eigenvalue weighted by Gasteiger charge is -2.37. The molecule has 4 nitrogen and oxygen atoms in total. The summed E-state index contributed by atoms with van der Waals surface area (Å²) in [7, 11) is 0. The first-order valence-corrected chi connectivity index (χ1v) is 7.19. The van der Waals surface area contributed by atoms with E-state index in [1.54, 1.807) is 29.2 Å². The van der Waals surface area contributed by atoms with Crippen LogP contribution in [0.25, 0.3) is 0 Å². The number of hydrogen-bond donors (Lipinski definition) is 1. The van der Waals surface area contributed by atoms with Crippen molar-refractivity contribution in [2.75, 3.05) is 13.2 Å². The SMILES string of the molecule is CC1CN(C(=O)CC(O)c2ccc(Cl)cc2)C(C)CO1. The molecular weight excluding hydrogens is 278 g/mol. The van der Waals surface area contributed by atoms with Gasteiger partial charge >= 0.3 is 0 Å². The second kappa shape index (κ2) is 6.57. The molecule has 5 heteroatoms. The molecule has 0 aliphatic carbocycles. The van der Waals surface area contributed by atoms with Crippen LogP contribution in [0, 0.1) is 0 Å². The zero-order valence-electron chi connectivity index (χ0n) is 11.8. The van der Waals surface area contributed by atoms with Gasteiger partial charge in [0.1, 0.15) is 0 Å². The highest BCUT2D eigenvalue weighted by Crippen LogP contribution is 2.21. The van der Waals surface area contributed by atoms with Crippen molar-refractivity contribution < 1.29 is 14.6 Å². The summed E-state index contributed by atoms with van der Waals surface area (Å²) in [6.45, 7) is 5.03. The molecule has 1 aliphatic rings. The van der Waals surface area contributed by atoms with Crippen molar-refractivity contribution in [1.82, 2.24) is 4.90 Å². The Morgan fingerprint density at radius 1 is 1.45 bits per heavy atom. The Bertz CT molecular complexity index is 463. The standard InChI is InChI=1S/C15H20ClNO3/c1-10-9-20-11(2)8-17(10)15(19)7-14(18)12-3-5-13(16)6-4-12/h3-6,10-11,14,18H,7-9H2,1-2H3. The van der Waals surface area contributed by atoms with Crippen LogP contribution < -0.4 is 0 Å². The molecule has 20 heavy (non-hydrogen) atoms. The number of rotatable bonds is 3. The van der Waals surface area contributed by atoms with Crippen LogP contribution in [-0.2, 0) is 9.53 Å². The predicted molar refractivity (Wildman–Crippen MR) is 77.6 cm³/mol. The van der Waals surface area contributed by atoms with E-state index in [1.807, 2.05) is 13.8 Å². The summed E-state index contributed by atoms with van der Waals surface area (Å²) >= 11 is 5.81. The molecule has 1 aliphatic heterocycles. The van der Waals surface area contributed by atoms with Gasteiger partial charge in [-0.2, -0.15) is 0 Å². The average molecular weight is 298 g/mol. The van der Waals surface area contributed by atoms with Crippen molar-refractivity contribution in [1.29, 1.82) is 0 Å². The van der Waals surface area contributed by atoms with E-state index in [1.165, 1.54) is 0 Å². The second-order valence-corrected chi connectivity index (χ2v) is 5.75. The maximum Gasteiger partial charge on any atom is 0.225 e. The molecule has 1 saturated heterocycles. The lowest BCUT2D eigenvalue weighted by molar-refractivity contribution is -0.145. The molecule has 3 atom stereocenters. The number of benzene rings is 1. The molecule has 1 amide bonds. The number of hydrogen-bond acceptors (Lipinski definition) is 3. The number of ether oxygens (including phenoxy) is 1. The summed E-state index contributed by atoms with van der Waals surface area (Å²) in [4.78, 5) is 14.1. The molecule has 3 unspecified atom stereocenters. The lowest BCUT2D eigenvalue weighted by atomic mass is 10.1. The highest BCUT2D eigenvalue weighted by atomic mass is 35.5. The zero-order chi connectivity index (χ0) is 14.7. The van der Waals surface area contributed by atoms with Gasteiger partial charge in [0.2, 0.25) is 5.91 Å². The highest BCUT2D eigenvalue weighted by molar-refractivity contribution is 6.30. The summed E-state index contributed by atoms with van der Waals surface area (Å²) in [6.07, 6.45) is -0.674. The minimum absolute atomic E-state index is 0.0443. The fourth-order valence-electron chi connectivity index (χ4n) is 2.34. The Labute approximate surface area is 124 Å². The lowest BCUT2D eigenvalue weighted by Crippen LogP contribution is -2.50. The number of aliphatic hydroxyl groups is 1. The smallest absolute Gasteiger partial charge is 0.225 e. The first-order valence-electron chi connectivity index (χ1n) is 6.82. The minimum Gasteiger partial charge on any atom is -0.388 e. The molecule has 0 bridgehead atoms. The van der Waals surface area contributed by atoms with Crippen molar-refractivity contribution in [2.24, 2.45) is 0 Å². The van der Waals surface area contributed by atoms with E-state index in [4.69, 9.17) is 16.3 Å². The molecule has 0 radical (unpaired) electrons. The van der Waals surface area contributed by atoms with E-state index < -0.39 is 6.10 Å². The third-order valence-electron chi connectivity index (χ3n) is 3.55. The number of carbonyl (C=O) groups excluding carboxylic acids is 1. The third-order valence-corrected chi connectivity index (χ3v) is 3.80. The third kappa shape index (κ3) is 3.72. The van der Waals surface area contributed by atoms with Crippen LogP contribution in [0.2, 0.25) is 5.02 Å². The maximum absolute atomic E-state index is 12.3. The minimum atomic E-state index is -0.801. The molecule has 1 fully saturated rings. The predicted octanol–water partition coefficient (Wildman–Crippen LogP) is 2.40. The van der Waals surface area contributed by atoms with Crippen molar-refractivity contribution in [3.8, 4) is 0 Å². The number of morpholine rings is 1. The highest BCUT2D eigenvalue weighted by Gasteiger charge is 2.28. The Balaban J connectivity index is 1.98. The maximum atomic E-state index is 12.3. The van der Waals surface area contributed by atoms with Crippen molar-refractivity contribution in [2.45, 2.75) is 38.5 Å². The molecule has 1 N–H and O–H groups in total. The van der Waals surface area contributed by atoms with Crippen LogP contribution in [0.15, 0.2) is 24.3 Å². The second-order valence-electron chi connectivity index (χ2n) is 5.31. The monoisotopic (exact) mass is 297 g/mol. The number of aliphatic hydroxyl groups excluding tert-OH is 1. The van der Waals surface area contributed by atoms with Crippen molar-refractivity contribution >= 4 is 17.5 Å². The topological polar surface area (TPSA) is 49.8 Å². The van der Waals surface area contributed by atoms with Crippen molar-refractivity contribution in [3.05, 3.63) is 34.9 Å². The molecule has 1 heterocycles. The van der Waals surface area contributed by atoms with Crippen LogP contribution >= 0.6 is 11.6 Å². The number of nitrogens with zero attached hydrogens (tertiary/aromatic N) is 1. The summed E-state index contributed by atoms with van der Waals surface area (Å²) in [5.41, 5.74) is 0.705. The Kier molecular flexibility index (Phi) is 5.02. The van der Waals surface area contributed by atoms with Gasteiger partial charge < -0.3 is 14.7 Å². The summed E-state index contributed by atoms with van der Waals surface area (Å²) in [5, 5.41) is 10.8. The summed E-state index contributed by atoms with van der Waals surface area (Å²) in [5.74, 6) is -0.0462. The van der Waals surface area contributed by atoms with Gasteiger partial charge in [0.15, 0.2) is 0 Å². The molecule has 1 aromatic rings. The van der Waals surface area contributed by atoms with Gasteiger partial charge in [0.05, 0.1) is 31.3 Å². The zero-order valence-corrected chi connectivity index (χ0v) is 12.5. The van der Waals surface area contributed by atoms with Gasteiger partial charge in [-0.3, -0.25) is 4.79 Å². The van der Waals surface area contributed by atoms with Gasteiger partial charge in [-0.15, -0.1) is 0 Å². The van der Waals surface area contributed by atoms with E-state index in [-0.39, 0.29) is 24.5 Å². The van der Waals surface area contributed by atoms with E-state index in [9.17, 15) is 9.90 Å². The van der Waals surface area contributed by atoms with Gasteiger partial charge in [0.25, 0.3) is 0 Å². The fourth-order valence-corrected chi connectivity index (χ4v) is 2.46. The Morgan fingerprint density at radius 2 is 2.10 bits per heavy atom. The van der Waals surface area contributed by atoms with Crippen LogP contribution in [0.1, 0.15) is 31.9 Å². The first-order chi connectivity index (χ1) is 9.47. The molecule has 0 spiro atoms. The normalized spacial score (nSPS) is 24.5. The average Bonchev–Trinajstić information content (AvgIpc) is 2.42. The van der Waals surface area contributed by atoms with Gasteiger partial charge in [-0.1, -0.05) is 23.7 Å². The largest absolute Gasteiger partial charge is 0.388 e. The number of carbonyl (C=O) groups is 1. The van der Waals surface area contributed by atoms with E-state index in [0.29, 0.717) is 23.7 Å². The van der Waals surface area contributed by atoms with Gasteiger partial charge in [-0.25, -0.2) is 0 Å². The molecule has 2 rings (SSSR count). The van der Waals surface area contributed by atoms with Gasteiger partial charge in [0, 0.05) is 11.6 Å². The first kappa shape index (κ1) is 15.3. The van der Waals surface area contributed by atoms with Gasteiger partial charge in [-0.05, 0) is 31.5 Å². The van der Waals surface area contributed by atoms with Crippen LogP contribution in [0.4, 0.5) is 0 Å². The number of amides is 1. The Morgan fingerprint density at radius 3 is 2.75 bits per heavy atom. The molecule has 110 valence electrons. The van der Waals surface area contributed by atoms with Crippen LogP contribution in [0.3, 0.4) is 0 Å². The Hall–Kier alpha value is -1.10. The molecule has 0 saturated carbocycles. The summed E-state index contributed by atoms with van der Waals surface area (Å²) in [6, 6.07) is 6.96. The van der Waals surface area contributed by atoms with Crippen LogP contribution in [-0.4, -0.2) is 41.2 Å². The van der Waals surface area contributed by atoms with Crippen molar-refractivity contribution in [3.63, 3.8) is 0 Å². The van der Waals surface area contributed by atoms with E-state index in [0.717, 1.165) is 0 Å².